The third kappa shape index (κ3) is 1.82. The van der Waals surface area contributed by atoms with Crippen molar-refractivity contribution in [3.05, 3.63) is 0 Å². The van der Waals surface area contributed by atoms with E-state index >= 15 is 0 Å². The summed E-state index contributed by atoms with van der Waals surface area (Å²) in [4.78, 5) is 2.44. The molecule has 1 heterocycles. The van der Waals surface area contributed by atoms with Crippen molar-refractivity contribution in [1.29, 1.82) is 0 Å². The predicted octanol–water partition coefficient (Wildman–Crippen LogP) is 1.80. The van der Waals surface area contributed by atoms with Crippen LogP contribution in [0.5, 0.6) is 0 Å². The van der Waals surface area contributed by atoms with Crippen LogP contribution in [-0.4, -0.2) is 42.1 Å². The van der Waals surface area contributed by atoms with Crippen molar-refractivity contribution in [2.24, 2.45) is 11.1 Å². The monoisotopic (exact) mass is 216 g/mol. The second-order valence-corrected chi connectivity index (χ2v) is 6.04. The van der Waals surface area contributed by atoms with E-state index in [1.54, 1.807) is 0 Å². The van der Waals surface area contributed by atoms with Crippen LogP contribution in [0.3, 0.4) is 0 Å². The zero-order chi connectivity index (χ0) is 10.8. The molecule has 1 rings (SSSR count). The Balaban J connectivity index is 2.94. The first kappa shape index (κ1) is 12.3. The maximum atomic E-state index is 6.04. The van der Waals surface area contributed by atoms with Crippen LogP contribution in [0.2, 0.25) is 0 Å². The first-order chi connectivity index (χ1) is 6.50. The van der Waals surface area contributed by atoms with E-state index in [2.05, 4.69) is 44.5 Å². The quantitative estimate of drug-likeness (QED) is 0.780. The summed E-state index contributed by atoms with van der Waals surface area (Å²) in [6.07, 6.45) is 1.28. The summed E-state index contributed by atoms with van der Waals surface area (Å²) in [7, 11) is 2.21. The fourth-order valence-corrected chi connectivity index (χ4v) is 4.28. The molecule has 1 aliphatic heterocycles. The van der Waals surface area contributed by atoms with Gasteiger partial charge >= 0.3 is 0 Å². The molecule has 0 radical (unpaired) electrons. The van der Waals surface area contributed by atoms with Gasteiger partial charge in [-0.25, -0.2) is 0 Å². The van der Waals surface area contributed by atoms with Crippen molar-refractivity contribution in [1.82, 2.24) is 4.90 Å². The van der Waals surface area contributed by atoms with Gasteiger partial charge in [0.15, 0.2) is 0 Å². The highest BCUT2D eigenvalue weighted by atomic mass is 32.2. The molecule has 1 saturated heterocycles. The van der Waals surface area contributed by atoms with Gasteiger partial charge in [0.1, 0.15) is 0 Å². The summed E-state index contributed by atoms with van der Waals surface area (Å²) in [6.45, 7) is 8.81. The van der Waals surface area contributed by atoms with Crippen molar-refractivity contribution in [2.45, 2.75) is 32.7 Å². The van der Waals surface area contributed by atoms with Crippen LogP contribution in [0.4, 0.5) is 0 Å². The van der Waals surface area contributed by atoms with Gasteiger partial charge in [0, 0.05) is 17.8 Å². The molecule has 84 valence electrons. The highest BCUT2D eigenvalue weighted by Gasteiger charge is 2.48. The second kappa shape index (κ2) is 4.42. The highest BCUT2D eigenvalue weighted by molar-refractivity contribution is 7.99. The molecule has 0 aromatic heterocycles. The van der Waals surface area contributed by atoms with Crippen molar-refractivity contribution < 1.29 is 0 Å². The number of hydrogen-bond acceptors (Lipinski definition) is 3. The minimum atomic E-state index is 0.199. The van der Waals surface area contributed by atoms with Crippen molar-refractivity contribution in [2.75, 3.05) is 31.6 Å². The first-order valence-electron chi connectivity index (χ1n) is 5.49. The lowest BCUT2D eigenvalue weighted by Crippen LogP contribution is -2.64. The van der Waals surface area contributed by atoms with Crippen LogP contribution in [0.15, 0.2) is 0 Å². The Bertz CT molecular complexity index is 194. The summed E-state index contributed by atoms with van der Waals surface area (Å²) >= 11 is 2.05. The van der Waals surface area contributed by atoms with Crippen molar-refractivity contribution in [3.63, 3.8) is 0 Å². The summed E-state index contributed by atoms with van der Waals surface area (Å²) < 4.78 is 0. The summed E-state index contributed by atoms with van der Waals surface area (Å²) in [5, 5.41) is 0. The van der Waals surface area contributed by atoms with Crippen LogP contribution < -0.4 is 5.73 Å². The number of likely N-dealkylation sites (N-methyl/N-ethyl adjacent to an activating group) is 1. The maximum absolute atomic E-state index is 6.04. The summed E-state index contributed by atoms with van der Waals surface area (Å²) in [5.74, 6) is 2.47. The SMILES string of the molecule is CCN(C)C1(CN)CSCCC1(C)C. The largest absolute Gasteiger partial charge is 0.329 e. The normalized spacial score (nSPS) is 32.1. The van der Waals surface area contributed by atoms with Crippen LogP contribution in [0.25, 0.3) is 0 Å². The van der Waals surface area contributed by atoms with Gasteiger partial charge in [0.25, 0.3) is 0 Å². The Hall–Kier alpha value is 0.270. The Morgan fingerprint density at radius 3 is 2.50 bits per heavy atom. The molecule has 0 bridgehead atoms. The summed E-state index contributed by atoms with van der Waals surface area (Å²) in [6, 6.07) is 0. The molecule has 0 amide bonds. The lowest BCUT2D eigenvalue weighted by molar-refractivity contribution is 0.0241. The van der Waals surface area contributed by atoms with E-state index in [1.165, 1.54) is 17.9 Å². The zero-order valence-electron chi connectivity index (χ0n) is 9.97. The van der Waals surface area contributed by atoms with Crippen LogP contribution >= 0.6 is 11.8 Å². The molecular formula is C11H24N2S. The molecule has 2 N–H and O–H groups in total. The van der Waals surface area contributed by atoms with Crippen molar-refractivity contribution >= 4 is 11.8 Å². The van der Waals surface area contributed by atoms with Crippen LogP contribution in [0, 0.1) is 5.41 Å². The Morgan fingerprint density at radius 2 is 2.07 bits per heavy atom. The van der Waals surface area contributed by atoms with Gasteiger partial charge in [-0.1, -0.05) is 20.8 Å². The molecule has 0 saturated carbocycles. The number of nitrogens with zero attached hydrogens (tertiary/aromatic N) is 1. The second-order valence-electron chi connectivity index (χ2n) is 4.94. The highest BCUT2D eigenvalue weighted by Crippen LogP contribution is 2.44. The van der Waals surface area contributed by atoms with Gasteiger partial charge in [-0.05, 0) is 31.2 Å². The van der Waals surface area contributed by atoms with Gasteiger partial charge in [0.05, 0.1) is 0 Å². The molecule has 0 spiro atoms. The molecule has 0 aliphatic carbocycles. The van der Waals surface area contributed by atoms with Gasteiger partial charge < -0.3 is 5.73 Å². The number of hydrogen-bond donors (Lipinski definition) is 1. The van der Waals surface area contributed by atoms with E-state index in [4.69, 9.17) is 5.73 Å². The van der Waals surface area contributed by atoms with Gasteiger partial charge in [-0.2, -0.15) is 11.8 Å². The molecule has 0 aromatic carbocycles. The molecule has 3 heteroatoms. The first-order valence-corrected chi connectivity index (χ1v) is 6.65. The van der Waals surface area contributed by atoms with Gasteiger partial charge in [-0.3, -0.25) is 4.90 Å². The lowest BCUT2D eigenvalue weighted by atomic mass is 9.70. The smallest absolute Gasteiger partial charge is 0.0469 e. The van der Waals surface area contributed by atoms with E-state index in [1.807, 2.05) is 0 Å². The Morgan fingerprint density at radius 1 is 1.43 bits per heavy atom. The fraction of sp³-hybridized carbons (Fsp3) is 1.00. The number of rotatable bonds is 3. The molecule has 1 unspecified atom stereocenters. The number of nitrogens with two attached hydrogens (primary N) is 1. The van der Waals surface area contributed by atoms with E-state index in [0.29, 0.717) is 5.41 Å². The zero-order valence-corrected chi connectivity index (χ0v) is 10.8. The minimum absolute atomic E-state index is 0.199. The van der Waals surface area contributed by atoms with E-state index in [9.17, 15) is 0 Å². The fourth-order valence-electron chi connectivity index (χ4n) is 2.42. The topological polar surface area (TPSA) is 29.3 Å². The minimum Gasteiger partial charge on any atom is -0.329 e. The van der Waals surface area contributed by atoms with Gasteiger partial charge in [0.2, 0.25) is 0 Å². The van der Waals surface area contributed by atoms with Crippen LogP contribution in [0.1, 0.15) is 27.2 Å². The molecule has 1 aliphatic rings. The lowest BCUT2D eigenvalue weighted by Gasteiger charge is -2.54. The van der Waals surface area contributed by atoms with Crippen LogP contribution in [-0.2, 0) is 0 Å². The Labute approximate surface area is 92.6 Å². The molecule has 2 nitrogen and oxygen atoms in total. The third-order valence-corrected chi connectivity index (χ3v) is 5.19. The molecule has 1 atom stereocenters. The average Bonchev–Trinajstić information content (AvgIpc) is 2.16. The molecule has 0 aromatic rings. The molecule has 1 fully saturated rings. The predicted molar refractivity (Wildman–Crippen MR) is 65.8 cm³/mol. The average molecular weight is 216 g/mol. The maximum Gasteiger partial charge on any atom is 0.0469 e. The summed E-state index contributed by atoms with van der Waals surface area (Å²) in [5.41, 5.74) is 6.58. The Kier molecular flexibility index (Phi) is 3.89. The molecule has 14 heavy (non-hydrogen) atoms. The third-order valence-electron chi connectivity index (χ3n) is 4.01. The van der Waals surface area contributed by atoms with E-state index < -0.39 is 0 Å². The van der Waals surface area contributed by atoms with E-state index in [0.717, 1.165) is 13.1 Å². The van der Waals surface area contributed by atoms with Gasteiger partial charge in [-0.15, -0.1) is 0 Å². The number of thioether (sulfide) groups is 1. The van der Waals surface area contributed by atoms with E-state index in [-0.39, 0.29) is 5.54 Å². The molecular weight excluding hydrogens is 192 g/mol. The standard InChI is InChI=1S/C11H24N2S/c1-5-13(4)11(8-12)9-14-7-6-10(11,2)3/h5-9,12H2,1-4H3. The van der Waals surface area contributed by atoms with Crippen molar-refractivity contribution in [3.8, 4) is 0 Å².